The molecule has 0 aromatic heterocycles. The van der Waals surface area contributed by atoms with Gasteiger partial charge in [-0.25, -0.2) is 0 Å². The van der Waals surface area contributed by atoms with Gasteiger partial charge >= 0.3 is 6.18 Å². The third-order valence-corrected chi connectivity index (χ3v) is 3.64. The highest BCUT2D eigenvalue weighted by molar-refractivity contribution is 7.99. The van der Waals surface area contributed by atoms with Crippen LogP contribution >= 0.6 is 11.8 Å². The fourth-order valence-corrected chi connectivity index (χ4v) is 2.40. The van der Waals surface area contributed by atoms with E-state index in [0.717, 1.165) is 17.7 Å². The summed E-state index contributed by atoms with van der Waals surface area (Å²) in [5.74, 6) is 0.194. The van der Waals surface area contributed by atoms with Crippen molar-refractivity contribution in [1.29, 1.82) is 0 Å². The van der Waals surface area contributed by atoms with Crippen LogP contribution in [0.15, 0.2) is 24.3 Å². The lowest BCUT2D eigenvalue weighted by atomic mass is 10.1. The van der Waals surface area contributed by atoms with E-state index in [4.69, 9.17) is 5.73 Å². The molecular weight excluding hydrogens is 263 g/mol. The number of hydrogen-bond acceptors (Lipinski definition) is 2. The molecule has 100 valence electrons. The molecule has 0 saturated heterocycles. The minimum Gasteiger partial charge on any atom is -0.370 e. The van der Waals surface area contributed by atoms with Gasteiger partial charge in [0, 0.05) is 17.4 Å². The molecule has 6 heteroatoms. The smallest absolute Gasteiger partial charge is 0.370 e. The molecular formula is C12H14F3NOS. The maximum Gasteiger partial charge on any atom is 0.416 e. The number of hydrogen-bond donors (Lipinski definition) is 1. The number of carbonyl (C=O) groups is 1. The van der Waals surface area contributed by atoms with Gasteiger partial charge < -0.3 is 5.73 Å². The summed E-state index contributed by atoms with van der Waals surface area (Å²) < 4.78 is 37.1. The lowest BCUT2D eigenvalue weighted by molar-refractivity contribution is -0.137. The highest BCUT2D eigenvalue weighted by Crippen LogP contribution is 2.33. The minimum absolute atomic E-state index is 0.0339. The van der Waals surface area contributed by atoms with Crippen LogP contribution in [0.3, 0.4) is 0 Å². The monoisotopic (exact) mass is 277 g/mol. The molecule has 1 rings (SSSR count). The quantitative estimate of drug-likeness (QED) is 0.896. The van der Waals surface area contributed by atoms with Crippen LogP contribution in [0.4, 0.5) is 13.2 Å². The summed E-state index contributed by atoms with van der Waals surface area (Å²) >= 11 is 1.49. The SMILES string of the molecule is C[C@H](SCCC(N)=O)c1ccc(C(F)(F)F)cc1. The summed E-state index contributed by atoms with van der Waals surface area (Å²) in [6, 6.07) is 5.07. The van der Waals surface area contributed by atoms with E-state index in [-0.39, 0.29) is 17.6 Å². The number of halogens is 3. The Morgan fingerprint density at radius 3 is 2.33 bits per heavy atom. The molecule has 0 heterocycles. The van der Waals surface area contributed by atoms with Crippen LogP contribution in [-0.4, -0.2) is 11.7 Å². The van der Waals surface area contributed by atoms with E-state index in [0.29, 0.717) is 5.75 Å². The van der Waals surface area contributed by atoms with E-state index in [1.165, 1.54) is 23.9 Å². The number of carbonyl (C=O) groups excluding carboxylic acids is 1. The molecule has 0 unspecified atom stereocenters. The molecule has 1 atom stereocenters. The van der Waals surface area contributed by atoms with Crippen molar-refractivity contribution in [2.75, 3.05) is 5.75 Å². The van der Waals surface area contributed by atoms with Crippen LogP contribution in [0.1, 0.15) is 29.7 Å². The molecule has 0 fully saturated rings. The van der Waals surface area contributed by atoms with Gasteiger partial charge in [0.2, 0.25) is 5.91 Å². The van der Waals surface area contributed by atoms with Gasteiger partial charge in [0.25, 0.3) is 0 Å². The van der Waals surface area contributed by atoms with Gasteiger partial charge in [-0.3, -0.25) is 4.79 Å². The predicted molar refractivity (Wildman–Crippen MR) is 66.1 cm³/mol. The lowest BCUT2D eigenvalue weighted by Crippen LogP contribution is -2.11. The van der Waals surface area contributed by atoms with Crippen molar-refractivity contribution in [1.82, 2.24) is 0 Å². The zero-order valence-electron chi connectivity index (χ0n) is 9.83. The van der Waals surface area contributed by atoms with Crippen molar-refractivity contribution < 1.29 is 18.0 Å². The lowest BCUT2D eigenvalue weighted by Gasteiger charge is -2.12. The van der Waals surface area contributed by atoms with Crippen molar-refractivity contribution in [3.63, 3.8) is 0 Å². The van der Waals surface area contributed by atoms with Crippen molar-refractivity contribution in [2.45, 2.75) is 24.8 Å². The molecule has 1 aromatic carbocycles. The van der Waals surface area contributed by atoms with Gasteiger partial charge in [-0.05, 0) is 24.6 Å². The van der Waals surface area contributed by atoms with Crippen molar-refractivity contribution >= 4 is 17.7 Å². The molecule has 0 radical (unpaired) electrons. The largest absolute Gasteiger partial charge is 0.416 e. The van der Waals surface area contributed by atoms with Crippen LogP contribution in [-0.2, 0) is 11.0 Å². The van der Waals surface area contributed by atoms with Crippen LogP contribution < -0.4 is 5.73 Å². The van der Waals surface area contributed by atoms with Crippen LogP contribution in [0.5, 0.6) is 0 Å². The minimum atomic E-state index is -4.30. The molecule has 0 aliphatic carbocycles. The molecule has 0 aliphatic rings. The summed E-state index contributed by atoms with van der Waals surface area (Å²) in [6.45, 7) is 1.88. The first-order valence-electron chi connectivity index (χ1n) is 5.38. The van der Waals surface area contributed by atoms with E-state index in [1.807, 2.05) is 6.92 Å². The molecule has 0 spiro atoms. The third-order valence-electron chi connectivity index (χ3n) is 2.42. The molecule has 2 N–H and O–H groups in total. The normalized spacial score (nSPS) is 13.3. The zero-order valence-corrected chi connectivity index (χ0v) is 10.6. The number of alkyl halides is 3. The van der Waals surface area contributed by atoms with E-state index in [9.17, 15) is 18.0 Å². The molecule has 18 heavy (non-hydrogen) atoms. The standard InChI is InChI=1S/C12H14F3NOS/c1-8(18-7-6-11(16)17)9-2-4-10(5-3-9)12(13,14)15/h2-5,8H,6-7H2,1H3,(H2,16,17)/t8-/m0/s1. The third kappa shape index (κ3) is 4.60. The maximum atomic E-state index is 12.4. The van der Waals surface area contributed by atoms with E-state index in [1.54, 1.807) is 0 Å². The molecule has 0 aliphatic heterocycles. The van der Waals surface area contributed by atoms with Crippen LogP contribution in [0.2, 0.25) is 0 Å². The summed E-state index contributed by atoms with van der Waals surface area (Å²) in [4.78, 5) is 10.6. The van der Waals surface area contributed by atoms with E-state index >= 15 is 0 Å². The van der Waals surface area contributed by atoms with Gasteiger partial charge in [-0.2, -0.15) is 24.9 Å². The Labute approximate surface area is 108 Å². The predicted octanol–water partition coefficient (Wildman–Crippen LogP) is 3.38. The second-order valence-electron chi connectivity index (χ2n) is 3.85. The first-order valence-corrected chi connectivity index (χ1v) is 6.42. The molecule has 0 saturated carbocycles. The van der Waals surface area contributed by atoms with Crippen molar-refractivity contribution in [2.24, 2.45) is 5.73 Å². The zero-order chi connectivity index (χ0) is 13.8. The average Bonchev–Trinajstić information content (AvgIpc) is 2.27. The molecule has 2 nitrogen and oxygen atoms in total. The highest BCUT2D eigenvalue weighted by Gasteiger charge is 2.30. The van der Waals surface area contributed by atoms with Gasteiger partial charge in [-0.1, -0.05) is 12.1 Å². The fourth-order valence-electron chi connectivity index (χ4n) is 1.38. The van der Waals surface area contributed by atoms with Crippen LogP contribution in [0.25, 0.3) is 0 Å². The Bertz CT molecular complexity index is 403. The fraction of sp³-hybridized carbons (Fsp3) is 0.417. The Balaban J connectivity index is 2.59. The van der Waals surface area contributed by atoms with Gasteiger partial charge in [0.1, 0.15) is 0 Å². The Hall–Kier alpha value is -1.17. The number of nitrogens with two attached hydrogens (primary N) is 1. The topological polar surface area (TPSA) is 43.1 Å². The molecule has 1 aromatic rings. The number of rotatable bonds is 5. The Morgan fingerprint density at radius 1 is 1.33 bits per heavy atom. The molecule has 1 amide bonds. The average molecular weight is 277 g/mol. The van der Waals surface area contributed by atoms with E-state index in [2.05, 4.69) is 0 Å². The van der Waals surface area contributed by atoms with Crippen molar-refractivity contribution in [3.05, 3.63) is 35.4 Å². The van der Waals surface area contributed by atoms with Crippen molar-refractivity contribution in [3.8, 4) is 0 Å². The Morgan fingerprint density at radius 2 is 1.89 bits per heavy atom. The Kier molecular flexibility index (Phi) is 5.07. The summed E-state index contributed by atoms with van der Waals surface area (Å²) in [6.07, 6.45) is -4.03. The van der Waals surface area contributed by atoms with Gasteiger partial charge in [0.05, 0.1) is 5.56 Å². The highest BCUT2D eigenvalue weighted by atomic mass is 32.2. The van der Waals surface area contributed by atoms with E-state index < -0.39 is 11.7 Å². The number of benzene rings is 1. The number of thioether (sulfide) groups is 1. The summed E-state index contributed by atoms with van der Waals surface area (Å²) in [5, 5.41) is 0.0339. The first-order chi connectivity index (χ1) is 8.30. The molecule has 0 bridgehead atoms. The van der Waals surface area contributed by atoms with Crippen LogP contribution in [0, 0.1) is 0 Å². The number of primary amides is 1. The summed E-state index contributed by atoms with van der Waals surface area (Å²) in [5.41, 5.74) is 5.16. The second-order valence-corrected chi connectivity index (χ2v) is 5.30. The summed E-state index contributed by atoms with van der Waals surface area (Å²) in [7, 11) is 0. The maximum absolute atomic E-state index is 12.4. The first kappa shape index (κ1) is 14.9. The van der Waals surface area contributed by atoms with Gasteiger partial charge in [0.15, 0.2) is 0 Å². The van der Waals surface area contributed by atoms with Gasteiger partial charge in [-0.15, -0.1) is 0 Å². The number of amides is 1. The second kappa shape index (κ2) is 6.13.